The van der Waals surface area contributed by atoms with Crippen molar-refractivity contribution >= 4 is 11.9 Å². The lowest BCUT2D eigenvalue weighted by Gasteiger charge is -2.02. The Hall–Kier alpha value is -2.69. The zero-order valence-electron chi connectivity index (χ0n) is 11.7. The van der Waals surface area contributed by atoms with Crippen LogP contribution in [0.4, 0.5) is 4.39 Å². The molecule has 0 aliphatic carbocycles. The lowest BCUT2D eigenvalue weighted by atomic mass is 10.1. The molecule has 1 aromatic carbocycles. The van der Waals surface area contributed by atoms with Gasteiger partial charge < -0.3 is 9.47 Å². The molecule has 0 atom stereocenters. The first-order valence-corrected chi connectivity index (χ1v) is 6.20. The van der Waals surface area contributed by atoms with E-state index >= 15 is 0 Å². The average molecular weight is 287 g/mol. The molecule has 0 amide bonds. The molecule has 4 nitrogen and oxygen atoms in total. The SMILES string of the molecule is COc1ccc(/C=C/C(=O)c2ccc(OC)nc2)c(F)c1. The summed E-state index contributed by atoms with van der Waals surface area (Å²) < 4.78 is 23.5. The zero-order chi connectivity index (χ0) is 15.2. The van der Waals surface area contributed by atoms with Crippen molar-refractivity contribution in [3.8, 4) is 11.6 Å². The normalized spacial score (nSPS) is 10.6. The molecule has 21 heavy (non-hydrogen) atoms. The van der Waals surface area contributed by atoms with Crippen molar-refractivity contribution < 1.29 is 18.7 Å². The first-order valence-electron chi connectivity index (χ1n) is 6.20. The molecule has 0 fully saturated rings. The topological polar surface area (TPSA) is 48.4 Å². The molecule has 0 bridgehead atoms. The van der Waals surface area contributed by atoms with Crippen LogP contribution in [0.3, 0.4) is 0 Å². The summed E-state index contributed by atoms with van der Waals surface area (Å²) in [4.78, 5) is 15.9. The van der Waals surface area contributed by atoms with Gasteiger partial charge in [-0.15, -0.1) is 0 Å². The fourth-order valence-corrected chi connectivity index (χ4v) is 1.68. The van der Waals surface area contributed by atoms with Gasteiger partial charge in [0.05, 0.1) is 14.2 Å². The summed E-state index contributed by atoms with van der Waals surface area (Å²) in [6, 6.07) is 7.63. The Balaban J connectivity index is 2.14. The van der Waals surface area contributed by atoms with Crippen molar-refractivity contribution in [2.75, 3.05) is 14.2 Å². The maximum absolute atomic E-state index is 13.7. The second kappa shape index (κ2) is 6.65. The summed E-state index contributed by atoms with van der Waals surface area (Å²) in [7, 11) is 2.96. The lowest BCUT2D eigenvalue weighted by molar-refractivity contribution is 0.104. The van der Waals surface area contributed by atoms with E-state index in [1.807, 2.05) is 0 Å². The summed E-state index contributed by atoms with van der Waals surface area (Å²) in [6.07, 6.45) is 4.13. The summed E-state index contributed by atoms with van der Waals surface area (Å²) in [5, 5.41) is 0. The molecule has 0 spiro atoms. The number of hydrogen-bond donors (Lipinski definition) is 0. The number of ketones is 1. The Bertz CT molecular complexity index is 666. The number of hydrogen-bond acceptors (Lipinski definition) is 4. The van der Waals surface area contributed by atoms with Crippen LogP contribution in [0.2, 0.25) is 0 Å². The minimum atomic E-state index is -0.453. The summed E-state index contributed by atoms with van der Waals surface area (Å²) in [5.74, 6) is 0.138. The van der Waals surface area contributed by atoms with Gasteiger partial charge in [-0.05, 0) is 30.4 Å². The van der Waals surface area contributed by atoms with Gasteiger partial charge in [0.2, 0.25) is 5.88 Å². The van der Waals surface area contributed by atoms with Crippen molar-refractivity contribution in [1.82, 2.24) is 4.98 Å². The number of nitrogens with zero attached hydrogens (tertiary/aromatic N) is 1. The molecule has 0 saturated heterocycles. The Labute approximate surface area is 121 Å². The molecule has 0 saturated carbocycles. The second-order valence-corrected chi connectivity index (χ2v) is 4.17. The first-order chi connectivity index (χ1) is 10.1. The van der Waals surface area contributed by atoms with Crippen molar-refractivity contribution in [3.63, 3.8) is 0 Å². The molecular weight excluding hydrogens is 273 g/mol. The van der Waals surface area contributed by atoms with Crippen LogP contribution in [0.1, 0.15) is 15.9 Å². The van der Waals surface area contributed by atoms with Crippen LogP contribution in [0.25, 0.3) is 6.08 Å². The highest BCUT2D eigenvalue weighted by Crippen LogP contribution is 2.17. The van der Waals surface area contributed by atoms with Crippen LogP contribution >= 0.6 is 0 Å². The van der Waals surface area contributed by atoms with Gasteiger partial charge in [-0.25, -0.2) is 9.37 Å². The Morgan fingerprint density at radius 2 is 2.00 bits per heavy atom. The first kappa shape index (κ1) is 14.7. The van der Waals surface area contributed by atoms with E-state index in [9.17, 15) is 9.18 Å². The van der Waals surface area contributed by atoms with Crippen molar-refractivity contribution in [1.29, 1.82) is 0 Å². The van der Waals surface area contributed by atoms with Crippen molar-refractivity contribution in [3.05, 3.63) is 59.5 Å². The Kier molecular flexibility index (Phi) is 4.66. The summed E-state index contributed by atoms with van der Waals surface area (Å²) in [5.41, 5.74) is 0.714. The van der Waals surface area contributed by atoms with Crippen molar-refractivity contribution in [2.24, 2.45) is 0 Å². The predicted molar refractivity (Wildman–Crippen MR) is 77.1 cm³/mol. The number of allylic oxidation sites excluding steroid dienone is 1. The standard InChI is InChI=1S/C16H14FNO3/c1-20-13-6-3-11(14(17)9-13)4-7-15(19)12-5-8-16(21-2)18-10-12/h3-10H,1-2H3/b7-4+. The van der Waals surface area contributed by atoms with E-state index in [4.69, 9.17) is 9.47 Å². The number of methoxy groups -OCH3 is 2. The average Bonchev–Trinajstić information content (AvgIpc) is 2.53. The molecule has 1 heterocycles. The third-order valence-electron chi connectivity index (χ3n) is 2.85. The summed E-state index contributed by atoms with van der Waals surface area (Å²) >= 11 is 0. The summed E-state index contributed by atoms with van der Waals surface area (Å²) in [6.45, 7) is 0. The fourth-order valence-electron chi connectivity index (χ4n) is 1.68. The fraction of sp³-hybridized carbons (Fsp3) is 0.125. The number of rotatable bonds is 5. The molecule has 108 valence electrons. The molecule has 0 unspecified atom stereocenters. The van der Waals surface area contributed by atoms with E-state index in [2.05, 4.69) is 4.98 Å². The van der Waals surface area contributed by atoms with Gasteiger partial charge in [-0.3, -0.25) is 4.79 Å². The molecule has 2 rings (SSSR count). The molecular formula is C16H14FNO3. The molecule has 0 aliphatic heterocycles. The van der Waals surface area contributed by atoms with Gasteiger partial charge in [0.1, 0.15) is 11.6 Å². The van der Waals surface area contributed by atoms with E-state index in [1.165, 1.54) is 38.6 Å². The molecule has 0 radical (unpaired) electrons. The maximum Gasteiger partial charge on any atom is 0.212 e. The van der Waals surface area contributed by atoms with Gasteiger partial charge >= 0.3 is 0 Å². The van der Waals surface area contributed by atoms with Gasteiger partial charge in [0, 0.05) is 29.5 Å². The number of aromatic nitrogens is 1. The van der Waals surface area contributed by atoms with E-state index in [-0.39, 0.29) is 5.78 Å². The number of halogens is 1. The Morgan fingerprint density at radius 3 is 2.57 bits per heavy atom. The van der Waals surface area contributed by atoms with Crippen molar-refractivity contribution in [2.45, 2.75) is 0 Å². The van der Waals surface area contributed by atoms with Gasteiger partial charge in [0.15, 0.2) is 5.78 Å². The number of carbonyl (C=O) groups is 1. The third kappa shape index (κ3) is 3.66. The van der Waals surface area contributed by atoms with Crippen LogP contribution in [0.5, 0.6) is 11.6 Å². The zero-order valence-corrected chi connectivity index (χ0v) is 11.7. The minimum absolute atomic E-state index is 0.264. The molecule has 0 aliphatic rings. The van der Waals surface area contributed by atoms with Gasteiger partial charge in [-0.2, -0.15) is 0 Å². The highest BCUT2D eigenvalue weighted by Gasteiger charge is 2.05. The number of benzene rings is 1. The molecule has 2 aromatic rings. The highest BCUT2D eigenvalue weighted by molar-refractivity contribution is 6.06. The largest absolute Gasteiger partial charge is 0.497 e. The molecule has 5 heteroatoms. The van der Waals surface area contributed by atoms with E-state index in [0.29, 0.717) is 22.8 Å². The number of pyridine rings is 1. The number of carbonyl (C=O) groups excluding carboxylic acids is 1. The second-order valence-electron chi connectivity index (χ2n) is 4.17. The number of ether oxygens (including phenoxy) is 2. The molecule has 0 N–H and O–H groups in total. The third-order valence-corrected chi connectivity index (χ3v) is 2.85. The van der Waals surface area contributed by atoms with E-state index < -0.39 is 5.82 Å². The maximum atomic E-state index is 13.7. The van der Waals surface area contributed by atoms with Crippen LogP contribution in [-0.4, -0.2) is 25.0 Å². The van der Waals surface area contributed by atoms with Gasteiger partial charge in [0.25, 0.3) is 0 Å². The quantitative estimate of drug-likeness (QED) is 0.626. The van der Waals surface area contributed by atoms with Crippen LogP contribution < -0.4 is 9.47 Å². The van der Waals surface area contributed by atoms with Crippen LogP contribution in [0, 0.1) is 5.82 Å². The van der Waals surface area contributed by atoms with E-state index in [1.54, 1.807) is 24.3 Å². The smallest absolute Gasteiger partial charge is 0.212 e. The predicted octanol–water partition coefficient (Wildman–Crippen LogP) is 3.13. The highest BCUT2D eigenvalue weighted by atomic mass is 19.1. The molecule has 1 aromatic heterocycles. The van der Waals surface area contributed by atoms with E-state index in [0.717, 1.165) is 0 Å². The van der Waals surface area contributed by atoms with Gasteiger partial charge in [-0.1, -0.05) is 0 Å². The lowest BCUT2D eigenvalue weighted by Crippen LogP contribution is -1.96. The van der Waals surface area contributed by atoms with Crippen LogP contribution in [-0.2, 0) is 0 Å². The minimum Gasteiger partial charge on any atom is -0.497 e. The van der Waals surface area contributed by atoms with Crippen LogP contribution in [0.15, 0.2) is 42.6 Å². The monoisotopic (exact) mass is 287 g/mol. The Morgan fingerprint density at radius 1 is 1.19 bits per heavy atom.